The minimum Gasteiger partial charge on any atom is -0.480 e. The van der Waals surface area contributed by atoms with Crippen molar-refractivity contribution in [3.63, 3.8) is 0 Å². The smallest absolute Gasteiger partial charge is 0.407 e. The van der Waals surface area contributed by atoms with Crippen molar-refractivity contribution < 1.29 is 24.2 Å². The summed E-state index contributed by atoms with van der Waals surface area (Å²) >= 11 is 1.54. The minimum atomic E-state index is -1.11. The van der Waals surface area contributed by atoms with E-state index < -0.39 is 30.1 Å². The van der Waals surface area contributed by atoms with Gasteiger partial charge in [0.2, 0.25) is 5.91 Å². The van der Waals surface area contributed by atoms with E-state index in [1.54, 1.807) is 6.92 Å². The zero-order chi connectivity index (χ0) is 23.1. The van der Waals surface area contributed by atoms with Crippen LogP contribution in [0.5, 0.6) is 0 Å². The molecular weight excluding hydrogens is 428 g/mol. The van der Waals surface area contributed by atoms with Crippen LogP contribution in [0.4, 0.5) is 4.79 Å². The van der Waals surface area contributed by atoms with Crippen LogP contribution in [0.25, 0.3) is 11.1 Å². The molecule has 0 heterocycles. The topological polar surface area (TPSA) is 105 Å². The zero-order valence-electron chi connectivity index (χ0n) is 18.2. The number of hydrogen-bond donors (Lipinski definition) is 3. The van der Waals surface area contributed by atoms with Gasteiger partial charge < -0.3 is 20.5 Å². The molecule has 0 aromatic heterocycles. The molecule has 7 nitrogen and oxygen atoms in total. The van der Waals surface area contributed by atoms with E-state index in [0.29, 0.717) is 12.2 Å². The van der Waals surface area contributed by atoms with Crippen LogP contribution < -0.4 is 10.6 Å². The first kappa shape index (κ1) is 23.7. The van der Waals surface area contributed by atoms with Gasteiger partial charge in [0, 0.05) is 5.92 Å². The largest absolute Gasteiger partial charge is 0.480 e. The lowest BCUT2D eigenvalue weighted by Gasteiger charge is -2.21. The molecule has 1 aliphatic rings. The zero-order valence-corrected chi connectivity index (χ0v) is 19.0. The van der Waals surface area contributed by atoms with Crippen LogP contribution >= 0.6 is 11.8 Å². The summed E-state index contributed by atoms with van der Waals surface area (Å²) in [6.07, 6.45) is 1.82. The number of carboxylic acids is 1. The number of fused-ring (bicyclic) bond motifs is 3. The van der Waals surface area contributed by atoms with Crippen molar-refractivity contribution in [2.75, 3.05) is 18.6 Å². The fraction of sp³-hybridized carbons (Fsp3) is 0.375. The molecule has 1 unspecified atom stereocenters. The molecule has 8 heteroatoms. The number of aliphatic carboxylic acids is 1. The molecule has 2 atom stereocenters. The number of nitrogens with one attached hydrogen (secondary N) is 2. The van der Waals surface area contributed by atoms with Crippen LogP contribution in [-0.4, -0.2) is 53.8 Å². The highest BCUT2D eigenvalue weighted by atomic mass is 32.2. The number of benzene rings is 2. The highest BCUT2D eigenvalue weighted by molar-refractivity contribution is 7.98. The van der Waals surface area contributed by atoms with Crippen molar-refractivity contribution in [2.45, 2.75) is 37.8 Å². The first-order chi connectivity index (χ1) is 15.5. The molecule has 0 saturated heterocycles. The van der Waals surface area contributed by atoms with E-state index in [4.69, 9.17) is 4.74 Å². The number of ether oxygens (including phenoxy) is 1. The molecule has 0 spiro atoms. The van der Waals surface area contributed by atoms with Crippen molar-refractivity contribution in [3.05, 3.63) is 59.7 Å². The van der Waals surface area contributed by atoms with Crippen molar-refractivity contribution in [2.24, 2.45) is 0 Å². The van der Waals surface area contributed by atoms with Gasteiger partial charge in [0.15, 0.2) is 0 Å². The molecule has 0 bridgehead atoms. The van der Waals surface area contributed by atoms with E-state index in [-0.39, 0.29) is 18.9 Å². The number of hydrogen-bond acceptors (Lipinski definition) is 5. The molecule has 170 valence electrons. The van der Waals surface area contributed by atoms with Gasteiger partial charge in [0.1, 0.15) is 18.7 Å². The Labute approximate surface area is 191 Å². The maximum absolute atomic E-state index is 12.6. The van der Waals surface area contributed by atoms with E-state index in [9.17, 15) is 19.5 Å². The van der Waals surface area contributed by atoms with E-state index in [1.165, 1.54) is 11.8 Å². The lowest BCUT2D eigenvalue weighted by atomic mass is 9.98. The Morgan fingerprint density at radius 3 is 2.12 bits per heavy atom. The Balaban J connectivity index is 1.65. The third-order valence-electron chi connectivity index (χ3n) is 5.59. The van der Waals surface area contributed by atoms with Crippen LogP contribution in [0.2, 0.25) is 0 Å². The molecule has 3 rings (SSSR count). The number of amides is 2. The predicted octanol–water partition coefficient (Wildman–Crippen LogP) is 3.63. The number of carbonyl (C=O) groups excluding carboxylic acids is 2. The lowest BCUT2D eigenvalue weighted by molar-refractivity contribution is -0.142. The summed E-state index contributed by atoms with van der Waals surface area (Å²) in [4.78, 5) is 36.4. The van der Waals surface area contributed by atoms with E-state index in [1.807, 2.05) is 42.7 Å². The summed E-state index contributed by atoms with van der Waals surface area (Å²) in [7, 11) is 0. The van der Waals surface area contributed by atoms with Crippen LogP contribution in [0.1, 0.15) is 36.8 Å². The molecular formula is C24H28N2O5S. The highest BCUT2D eigenvalue weighted by Gasteiger charge is 2.30. The fourth-order valence-electron chi connectivity index (χ4n) is 3.90. The summed E-state index contributed by atoms with van der Waals surface area (Å²) in [5.74, 6) is -1.08. The maximum Gasteiger partial charge on any atom is 0.407 e. The summed E-state index contributed by atoms with van der Waals surface area (Å²) in [5.41, 5.74) is 4.47. The Bertz CT molecular complexity index is 935. The van der Waals surface area contributed by atoms with Gasteiger partial charge >= 0.3 is 12.1 Å². The SMILES string of the molecule is CC[C@@H](NC(=O)C(CCSC)NC(=O)OCC1c2ccccc2-c2ccccc21)C(=O)O. The Morgan fingerprint density at radius 1 is 1.00 bits per heavy atom. The molecule has 2 aromatic rings. The lowest BCUT2D eigenvalue weighted by Crippen LogP contribution is -2.51. The van der Waals surface area contributed by atoms with Gasteiger partial charge in [0.25, 0.3) is 0 Å². The van der Waals surface area contributed by atoms with E-state index >= 15 is 0 Å². The number of thioether (sulfide) groups is 1. The first-order valence-electron chi connectivity index (χ1n) is 10.6. The van der Waals surface area contributed by atoms with Crippen molar-refractivity contribution in [1.82, 2.24) is 10.6 Å². The quantitative estimate of drug-likeness (QED) is 0.504. The van der Waals surface area contributed by atoms with Gasteiger partial charge in [-0.1, -0.05) is 55.5 Å². The van der Waals surface area contributed by atoms with Crippen molar-refractivity contribution >= 4 is 29.7 Å². The van der Waals surface area contributed by atoms with Gasteiger partial charge in [-0.3, -0.25) is 4.79 Å². The molecule has 0 aliphatic heterocycles. The molecule has 32 heavy (non-hydrogen) atoms. The normalized spacial score (nSPS) is 14.1. The molecule has 3 N–H and O–H groups in total. The van der Waals surface area contributed by atoms with Crippen LogP contribution in [0.3, 0.4) is 0 Å². The Kier molecular flexibility index (Phi) is 8.16. The Hall–Kier alpha value is -3.00. The molecule has 2 aromatic carbocycles. The number of carboxylic acid groups (broad SMARTS) is 1. The molecule has 2 amide bonds. The third-order valence-corrected chi connectivity index (χ3v) is 6.23. The fourth-order valence-corrected chi connectivity index (χ4v) is 4.37. The average molecular weight is 457 g/mol. The summed E-state index contributed by atoms with van der Waals surface area (Å²) in [6, 6.07) is 14.2. The van der Waals surface area contributed by atoms with Gasteiger partial charge in [0.05, 0.1) is 0 Å². The molecule has 1 aliphatic carbocycles. The maximum atomic E-state index is 12.6. The third kappa shape index (κ3) is 5.43. The standard InChI is InChI=1S/C24H28N2O5S/c1-3-20(23(28)29)25-22(27)21(12-13-32-2)26-24(30)31-14-19-17-10-6-4-8-15(17)16-9-5-7-11-18(16)19/h4-11,19-21H,3,12-14H2,1-2H3,(H,25,27)(H,26,30)(H,28,29)/t20-,21?/m1/s1. The van der Waals surface area contributed by atoms with E-state index in [0.717, 1.165) is 22.3 Å². The average Bonchev–Trinajstić information content (AvgIpc) is 3.12. The van der Waals surface area contributed by atoms with Gasteiger partial charge in [-0.25, -0.2) is 9.59 Å². The summed E-state index contributed by atoms with van der Waals surface area (Å²) in [5, 5.41) is 14.3. The number of carbonyl (C=O) groups is 3. The molecule has 0 saturated carbocycles. The number of rotatable bonds is 10. The predicted molar refractivity (Wildman–Crippen MR) is 125 cm³/mol. The monoisotopic (exact) mass is 456 g/mol. The van der Waals surface area contributed by atoms with Crippen LogP contribution in [0, 0.1) is 0 Å². The minimum absolute atomic E-state index is 0.0805. The molecule has 0 radical (unpaired) electrons. The van der Waals surface area contributed by atoms with Gasteiger partial charge in [-0.2, -0.15) is 11.8 Å². The summed E-state index contributed by atoms with van der Waals surface area (Å²) in [6.45, 7) is 1.82. The number of alkyl carbamates (subject to hydrolysis) is 1. The van der Waals surface area contributed by atoms with Crippen LogP contribution in [-0.2, 0) is 14.3 Å². The second-order valence-corrected chi connectivity index (χ2v) is 8.60. The highest BCUT2D eigenvalue weighted by Crippen LogP contribution is 2.44. The summed E-state index contributed by atoms with van der Waals surface area (Å²) < 4.78 is 5.53. The van der Waals surface area contributed by atoms with Crippen molar-refractivity contribution in [1.29, 1.82) is 0 Å². The first-order valence-corrected chi connectivity index (χ1v) is 12.0. The second-order valence-electron chi connectivity index (χ2n) is 7.61. The van der Waals surface area contributed by atoms with Gasteiger partial charge in [-0.15, -0.1) is 0 Å². The molecule has 0 fully saturated rings. The van der Waals surface area contributed by atoms with Gasteiger partial charge in [-0.05, 0) is 47.1 Å². The second kappa shape index (κ2) is 11.0. The Morgan fingerprint density at radius 2 is 1.59 bits per heavy atom. The van der Waals surface area contributed by atoms with Crippen molar-refractivity contribution in [3.8, 4) is 11.1 Å². The van der Waals surface area contributed by atoms with E-state index in [2.05, 4.69) is 22.8 Å². The van der Waals surface area contributed by atoms with Crippen LogP contribution in [0.15, 0.2) is 48.5 Å².